The predicted octanol–water partition coefficient (Wildman–Crippen LogP) is -1.70. The summed E-state index contributed by atoms with van der Waals surface area (Å²) in [5.41, 5.74) is 0. The zero-order valence-electron chi connectivity index (χ0n) is 8.98. The van der Waals surface area contributed by atoms with E-state index in [0.717, 1.165) is 0 Å². The van der Waals surface area contributed by atoms with Crippen LogP contribution in [0.4, 0.5) is 0 Å². The topological polar surface area (TPSA) is 116 Å². The molecule has 1 rings (SSSR count). The molecule has 1 aliphatic rings. The van der Waals surface area contributed by atoms with Gasteiger partial charge in [-0.1, -0.05) is 0 Å². The number of carboxylic acid groups (broad SMARTS) is 1. The van der Waals surface area contributed by atoms with Crippen LogP contribution < -0.4 is 0 Å². The second-order valence-corrected chi connectivity index (χ2v) is 3.92. The number of hydrogen-bond acceptors (Lipinski definition) is 6. The van der Waals surface area contributed by atoms with Crippen molar-refractivity contribution in [3.8, 4) is 0 Å². The molecule has 3 unspecified atom stereocenters. The van der Waals surface area contributed by atoms with Gasteiger partial charge in [0.25, 0.3) is 0 Å². The summed E-state index contributed by atoms with van der Waals surface area (Å²) < 4.78 is 9.97. The second-order valence-electron chi connectivity index (χ2n) is 3.92. The Morgan fingerprint density at radius 1 is 1.19 bits per heavy atom. The fraction of sp³-hybridized carbons (Fsp3) is 0.889. The monoisotopic (exact) mass is 236 g/mol. The zero-order chi connectivity index (χ0) is 12.5. The van der Waals surface area contributed by atoms with E-state index in [4.69, 9.17) is 14.6 Å². The molecule has 7 nitrogen and oxygen atoms in total. The fourth-order valence-electron chi connectivity index (χ4n) is 1.43. The lowest BCUT2D eigenvalue weighted by Gasteiger charge is -2.39. The lowest BCUT2D eigenvalue weighted by atomic mass is 9.99. The average molecular weight is 236 g/mol. The van der Waals surface area contributed by atoms with Gasteiger partial charge in [-0.2, -0.15) is 0 Å². The average Bonchev–Trinajstić information content (AvgIpc) is 2.18. The van der Waals surface area contributed by atoms with E-state index in [9.17, 15) is 20.1 Å². The summed E-state index contributed by atoms with van der Waals surface area (Å²) in [6.45, 7) is 3.34. The standard InChI is InChI=1S/C9H16O7/c1-3(2)15-9-6(12)4(10)5(11)7(16-9)8(13)14/h3-7,9-12H,1-2H3,(H,13,14)/t4-,5-,6?,7?,9?/m0/s1. The van der Waals surface area contributed by atoms with Gasteiger partial charge in [-0.15, -0.1) is 0 Å². The van der Waals surface area contributed by atoms with Crippen molar-refractivity contribution in [3.63, 3.8) is 0 Å². The van der Waals surface area contributed by atoms with Crippen LogP contribution in [-0.2, 0) is 14.3 Å². The Balaban J connectivity index is 2.77. The molecule has 0 aromatic carbocycles. The van der Waals surface area contributed by atoms with Crippen molar-refractivity contribution in [2.75, 3.05) is 0 Å². The molecule has 1 saturated heterocycles. The minimum atomic E-state index is -1.68. The lowest BCUT2D eigenvalue weighted by molar-refractivity contribution is -0.301. The van der Waals surface area contributed by atoms with Gasteiger partial charge in [0, 0.05) is 0 Å². The van der Waals surface area contributed by atoms with Crippen molar-refractivity contribution in [2.45, 2.75) is 50.7 Å². The molecule has 5 atom stereocenters. The quantitative estimate of drug-likeness (QED) is 0.461. The summed E-state index contributed by atoms with van der Waals surface area (Å²) in [7, 11) is 0. The first-order chi connectivity index (χ1) is 7.34. The highest BCUT2D eigenvalue weighted by Gasteiger charge is 2.47. The molecule has 0 aromatic heterocycles. The Labute approximate surface area is 92.2 Å². The Morgan fingerprint density at radius 3 is 2.19 bits per heavy atom. The molecule has 1 aliphatic heterocycles. The van der Waals surface area contributed by atoms with Crippen molar-refractivity contribution < 1.29 is 34.7 Å². The maximum atomic E-state index is 10.7. The van der Waals surface area contributed by atoms with Crippen LogP contribution in [0, 0.1) is 0 Å². The minimum absolute atomic E-state index is 0.309. The molecule has 0 saturated carbocycles. The van der Waals surface area contributed by atoms with E-state index in [1.54, 1.807) is 13.8 Å². The van der Waals surface area contributed by atoms with E-state index < -0.39 is 36.7 Å². The van der Waals surface area contributed by atoms with Gasteiger partial charge in [-0.05, 0) is 13.8 Å². The van der Waals surface area contributed by atoms with E-state index in [-0.39, 0.29) is 6.10 Å². The fourth-order valence-corrected chi connectivity index (χ4v) is 1.43. The van der Waals surface area contributed by atoms with Gasteiger partial charge >= 0.3 is 5.97 Å². The molecule has 1 fully saturated rings. The van der Waals surface area contributed by atoms with E-state index in [1.165, 1.54) is 0 Å². The van der Waals surface area contributed by atoms with Gasteiger partial charge in [0.05, 0.1) is 6.10 Å². The molecule has 0 aromatic rings. The molecular formula is C9H16O7. The molecule has 7 heteroatoms. The number of carboxylic acids is 1. The highest BCUT2D eigenvalue weighted by molar-refractivity contribution is 5.73. The van der Waals surface area contributed by atoms with Gasteiger partial charge in [0.15, 0.2) is 12.4 Å². The van der Waals surface area contributed by atoms with Crippen LogP contribution >= 0.6 is 0 Å². The van der Waals surface area contributed by atoms with Crippen molar-refractivity contribution >= 4 is 5.97 Å². The molecule has 0 spiro atoms. The third kappa shape index (κ3) is 2.69. The summed E-state index contributed by atoms with van der Waals surface area (Å²) >= 11 is 0. The minimum Gasteiger partial charge on any atom is -0.479 e. The summed E-state index contributed by atoms with van der Waals surface area (Å²) in [4.78, 5) is 10.7. The molecular weight excluding hydrogens is 220 g/mol. The number of aliphatic hydroxyl groups is 3. The van der Waals surface area contributed by atoms with Crippen LogP contribution in [0.1, 0.15) is 13.8 Å². The summed E-state index contributed by atoms with van der Waals surface area (Å²) in [5.74, 6) is -1.42. The number of carbonyl (C=O) groups is 1. The zero-order valence-corrected chi connectivity index (χ0v) is 8.98. The third-order valence-electron chi connectivity index (χ3n) is 2.22. The maximum absolute atomic E-state index is 10.7. The SMILES string of the molecule is CC(C)OC1OC(C(=O)O)[C@@H](O)[C@H](O)C1O. The number of rotatable bonds is 3. The van der Waals surface area contributed by atoms with Crippen molar-refractivity contribution in [3.05, 3.63) is 0 Å². The highest BCUT2D eigenvalue weighted by atomic mass is 16.7. The van der Waals surface area contributed by atoms with Crippen molar-refractivity contribution in [1.29, 1.82) is 0 Å². The molecule has 4 N–H and O–H groups in total. The molecule has 16 heavy (non-hydrogen) atoms. The summed E-state index contributed by atoms with van der Waals surface area (Å²) in [6, 6.07) is 0. The van der Waals surface area contributed by atoms with Crippen LogP contribution in [0.25, 0.3) is 0 Å². The van der Waals surface area contributed by atoms with Crippen LogP contribution in [0.2, 0.25) is 0 Å². The first-order valence-corrected chi connectivity index (χ1v) is 4.92. The van der Waals surface area contributed by atoms with Crippen molar-refractivity contribution in [1.82, 2.24) is 0 Å². The molecule has 94 valence electrons. The Kier molecular flexibility index (Phi) is 4.22. The van der Waals surface area contributed by atoms with Gasteiger partial charge in [0.1, 0.15) is 18.3 Å². The molecule has 0 bridgehead atoms. The Hall–Kier alpha value is -0.730. The first kappa shape index (κ1) is 13.3. The maximum Gasteiger partial charge on any atom is 0.335 e. The van der Waals surface area contributed by atoms with E-state index in [1.807, 2.05) is 0 Å². The van der Waals surface area contributed by atoms with Crippen LogP contribution in [0.15, 0.2) is 0 Å². The molecule has 1 heterocycles. The third-order valence-corrected chi connectivity index (χ3v) is 2.22. The van der Waals surface area contributed by atoms with E-state index >= 15 is 0 Å². The normalized spacial score (nSPS) is 40.0. The van der Waals surface area contributed by atoms with Crippen LogP contribution in [0.5, 0.6) is 0 Å². The highest BCUT2D eigenvalue weighted by Crippen LogP contribution is 2.23. The van der Waals surface area contributed by atoms with Crippen LogP contribution in [0.3, 0.4) is 0 Å². The summed E-state index contributed by atoms with van der Waals surface area (Å²) in [6.07, 6.45) is -7.95. The van der Waals surface area contributed by atoms with Crippen molar-refractivity contribution in [2.24, 2.45) is 0 Å². The smallest absolute Gasteiger partial charge is 0.335 e. The number of ether oxygens (including phenoxy) is 2. The predicted molar refractivity (Wildman–Crippen MR) is 50.5 cm³/mol. The molecule has 0 aliphatic carbocycles. The largest absolute Gasteiger partial charge is 0.479 e. The van der Waals surface area contributed by atoms with Crippen LogP contribution in [-0.4, -0.2) is 63.2 Å². The van der Waals surface area contributed by atoms with Gasteiger partial charge in [0.2, 0.25) is 0 Å². The van der Waals surface area contributed by atoms with Gasteiger partial charge in [-0.25, -0.2) is 4.79 Å². The number of hydrogen-bond donors (Lipinski definition) is 4. The Bertz CT molecular complexity index is 254. The molecule has 0 radical (unpaired) electrons. The van der Waals surface area contributed by atoms with Gasteiger partial charge in [-0.3, -0.25) is 0 Å². The summed E-state index contributed by atoms with van der Waals surface area (Å²) in [5, 5.41) is 37.0. The Morgan fingerprint density at radius 2 is 1.75 bits per heavy atom. The van der Waals surface area contributed by atoms with E-state index in [2.05, 4.69) is 0 Å². The van der Waals surface area contributed by atoms with E-state index in [0.29, 0.717) is 0 Å². The number of aliphatic carboxylic acids is 1. The first-order valence-electron chi connectivity index (χ1n) is 4.92. The number of aliphatic hydroxyl groups excluding tert-OH is 3. The van der Waals surface area contributed by atoms with Gasteiger partial charge < -0.3 is 29.9 Å². The lowest BCUT2D eigenvalue weighted by Crippen LogP contribution is -2.60. The molecule has 0 amide bonds. The second kappa shape index (κ2) is 5.07.